The minimum Gasteiger partial charge on any atom is -0.370 e. The zero-order valence-electron chi connectivity index (χ0n) is 15.1. The topological polar surface area (TPSA) is 9.72 Å². The Hall–Kier alpha value is -1.84. The fourth-order valence-electron chi connectivity index (χ4n) is 4.20. The van der Waals surface area contributed by atoms with Crippen molar-refractivity contribution in [3.05, 3.63) is 66.2 Å². The Morgan fingerprint density at radius 3 is 2.16 bits per heavy atom. The van der Waals surface area contributed by atoms with E-state index in [1.54, 1.807) is 0 Å². The fraction of sp³-hybridized carbons (Fsp3) is 0.455. The SMILES string of the molecule is c1ccc(CCN2CCN(C3CCN(c4ccccc4)C3)CC2)cc1. The van der Waals surface area contributed by atoms with Gasteiger partial charge in [-0.2, -0.15) is 0 Å². The first-order valence-corrected chi connectivity index (χ1v) is 9.69. The summed E-state index contributed by atoms with van der Waals surface area (Å²) in [5, 5.41) is 0. The minimum absolute atomic E-state index is 0.733. The second kappa shape index (κ2) is 8.03. The molecule has 2 fully saturated rings. The molecule has 0 spiro atoms. The number of rotatable bonds is 5. The number of hydrogen-bond donors (Lipinski definition) is 0. The molecule has 4 rings (SSSR count). The molecule has 25 heavy (non-hydrogen) atoms. The standard InChI is InChI=1S/C22H29N3/c1-3-7-20(8-4-1)11-13-23-15-17-24(18-16-23)22-12-14-25(19-22)21-9-5-2-6-10-21/h1-10,22H,11-19H2. The summed E-state index contributed by atoms with van der Waals surface area (Å²) in [6, 6.07) is 22.5. The molecule has 2 aromatic rings. The lowest BCUT2D eigenvalue weighted by Gasteiger charge is -2.38. The maximum atomic E-state index is 2.72. The van der Waals surface area contributed by atoms with Gasteiger partial charge in [-0.1, -0.05) is 48.5 Å². The summed E-state index contributed by atoms with van der Waals surface area (Å²) >= 11 is 0. The third-order valence-electron chi connectivity index (χ3n) is 5.77. The Morgan fingerprint density at radius 1 is 0.760 bits per heavy atom. The van der Waals surface area contributed by atoms with Crippen LogP contribution in [0.5, 0.6) is 0 Å². The summed E-state index contributed by atoms with van der Waals surface area (Å²) in [7, 11) is 0. The van der Waals surface area contributed by atoms with Gasteiger partial charge in [-0.25, -0.2) is 0 Å². The van der Waals surface area contributed by atoms with Crippen LogP contribution in [-0.4, -0.2) is 61.7 Å². The monoisotopic (exact) mass is 335 g/mol. The van der Waals surface area contributed by atoms with Crippen molar-refractivity contribution in [2.24, 2.45) is 0 Å². The number of anilines is 1. The quantitative estimate of drug-likeness (QED) is 0.831. The molecule has 0 N–H and O–H groups in total. The average Bonchev–Trinajstić information content (AvgIpc) is 3.19. The Kier molecular flexibility index (Phi) is 5.34. The van der Waals surface area contributed by atoms with Crippen molar-refractivity contribution < 1.29 is 0 Å². The first-order valence-electron chi connectivity index (χ1n) is 9.69. The van der Waals surface area contributed by atoms with Gasteiger partial charge in [-0.15, -0.1) is 0 Å². The Bertz CT molecular complexity index is 635. The van der Waals surface area contributed by atoms with Gasteiger partial charge < -0.3 is 9.80 Å². The van der Waals surface area contributed by atoms with Gasteiger partial charge >= 0.3 is 0 Å². The number of piperazine rings is 1. The van der Waals surface area contributed by atoms with Crippen molar-refractivity contribution in [1.29, 1.82) is 0 Å². The van der Waals surface area contributed by atoms with Gasteiger partial charge in [0.1, 0.15) is 0 Å². The fourth-order valence-corrected chi connectivity index (χ4v) is 4.20. The van der Waals surface area contributed by atoms with E-state index in [1.165, 1.54) is 69.9 Å². The van der Waals surface area contributed by atoms with Crippen LogP contribution in [0.3, 0.4) is 0 Å². The lowest BCUT2D eigenvalue weighted by molar-refractivity contribution is 0.104. The molecule has 0 radical (unpaired) electrons. The zero-order valence-corrected chi connectivity index (χ0v) is 15.1. The first-order chi connectivity index (χ1) is 12.4. The largest absolute Gasteiger partial charge is 0.370 e. The zero-order chi connectivity index (χ0) is 16.9. The normalized spacial score (nSPS) is 22.4. The summed E-state index contributed by atoms with van der Waals surface area (Å²) < 4.78 is 0. The maximum Gasteiger partial charge on any atom is 0.0366 e. The van der Waals surface area contributed by atoms with Crippen molar-refractivity contribution in [1.82, 2.24) is 9.80 Å². The lowest BCUT2D eigenvalue weighted by atomic mass is 10.1. The van der Waals surface area contributed by atoms with E-state index in [4.69, 9.17) is 0 Å². The molecule has 0 bridgehead atoms. The molecule has 0 aromatic heterocycles. The number of nitrogens with zero attached hydrogens (tertiary/aromatic N) is 3. The smallest absolute Gasteiger partial charge is 0.0366 e. The molecule has 1 unspecified atom stereocenters. The van der Waals surface area contributed by atoms with Gasteiger partial charge in [0.05, 0.1) is 0 Å². The highest BCUT2D eigenvalue weighted by atomic mass is 15.3. The van der Waals surface area contributed by atoms with Gasteiger partial charge in [-0.3, -0.25) is 4.90 Å². The van der Waals surface area contributed by atoms with Crippen LogP contribution in [0, 0.1) is 0 Å². The van der Waals surface area contributed by atoms with Crippen LogP contribution in [0.1, 0.15) is 12.0 Å². The van der Waals surface area contributed by atoms with Crippen LogP contribution in [0.15, 0.2) is 60.7 Å². The minimum atomic E-state index is 0.733. The number of para-hydroxylation sites is 1. The highest BCUT2D eigenvalue weighted by Gasteiger charge is 2.29. The molecule has 2 aliphatic rings. The predicted molar refractivity (Wildman–Crippen MR) is 105 cm³/mol. The van der Waals surface area contributed by atoms with Gasteiger partial charge in [0.15, 0.2) is 0 Å². The molecular formula is C22H29N3. The third kappa shape index (κ3) is 4.23. The van der Waals surface area contributed by atoms with Crippen molar-refractivity contribution in [3.8, 4) is 0 Å². The summed E-state index contributed by atoms with van der Waals surface area (Å²) in [6.07, 6.45) is 2.48. The summed E-state index contributed by atoms with van der Waals surface area (Å²) in [5.74, 6) is 0. The van der Waals surface area contributed by atoms with Crippen LogP contribution in [0.25, 0.3) is 0 Å². The van der Waals surface area contributed by atoms with Gasteiger partial charge in [0, 0.05) is 57.5 Å². The molecule has 2 aliphatic heterocycles. The van der Waals surface area contributed by atoms with E-state index in [-0.39, 0.29) is 0 Å². The highest BCUT2D eigenvalue weighted by Crippen LogP contribution is 2.23. The van der Waals surface area contributed by atoms with E-state index < -0.39 is 0 Å². The Morgan fingerprint density at radius 2 is 1.44 bits per heavy atom. The number of benzene rings is 2. The van der Waals surface area contributed by atoms with Crippen molar-refractivity contribution in [3.63, 3.8) is 0 Å². The average molecular weight is 335 g/mol. The van der Waals surface area contributed by atoms with Gasteiger partial charge in [-0.05, 0) is 30.5 Å². The van der Waals surface area contributed by atoms with E-state index in [0.717, 1.165) is 6.04 Å². The molecule has 2 aromatic carbocycles. The van der Waals surface area contributed by atoms with E-state index in [9.17, 15) is 0 Å². The second-order valence-electron chi connectivity index (χ2n) is 7.34. The summed E-state index contributed by atoms with van der Waals surface area (Å²) in [6.45, 7) is 8.46. The van der Waals surface area contributed by atoms with Gasteiger partial charge in [0.25, 0.3) is 0 Å². The van der Waals surface area contributed by atoms with Crippen LogP contribution in [0.2, 0.25) is 0 Å². The molecule has 0 saturated carbocycles. The predicted octanol–water partition coefficient (Wildman–Crippen LogP) is 3.13. The van der Waals surface area contributed by atoms with Crippen LogP contribution in [0.4, 0.5) is 5.69 Å². The maximum absolute atomic E-state index is 2.72. The molecular weight excluding hydrogens is 306 g/mol. The molecule has 3 heteroatoms. The van der Waals surface area contributed by atoms with Gasteiger partial charge in [0.2, 0.25) is 0 Å². The molecule has 2 saturated heterocycles. The molecule has 2 heterocycles. The molecule has 0 amide bonds. The van der Waals surface area contributed by atoms with E-state index >= 15 is 0 Å². The Labute approximate surface area is 151 Å². The van der Waals surface area contributed by atoms with E-state index in [2.05, 4.69) is 75.4 Å². The highest BCUT2D eigenvalue weighted by molar-refractivity contribution is 5.47. The van der Waals surface area contributed by atoms with E-state index in [1.807, 2.05) is 0 Å². The van der Waals surface area contributed by atoms with Crippen LogP contribution < -0.4 is 4.90 Å². The molecule has 132 valence electrons. The van der Waals surface area contributed by atoms with Crippen LogP contribution >= 0.6 is 0 Å². The number of hydrogen-bond acceptors (Lipinski definition) is 3. The third-order valence-corrected chi connectivity index (χ3v) is 5.77. The second-order valence-corrected chi connectivity index (χ2v) is 7.34. The van der Waals surface area contributed by atoms with E-state index in [0.29, 0.717) is 0 Å². The van der Waals surface area contributed by atoms with Crippen molar-refractivity contribution in [2.45, 2.75) is 18.9 Å². The molecule has 1 atom stereocenters. The molecule has 0 aliphatic carbocycles. The molecule has 3 nitrogen and oxygen atoms in total. The van der Waals surface area contributed by atoms with Crippen molar-refractivity contribution >= 4 is 5.69 Å². The summed E-state index contributed by atoms with van der Waals surface area (Å²) in [5.41, 5.74) is 2.84. The Balaban J connectivity index is 1.23. The lowest BCUT2D eigenvalue weighted by Crippen LogP contribution is -2.51. The summed E-state index contributed by atoms with van der Waals surface area (Å²) in [4.78, 5) is 7.90. The first kappa shape index (κ1) is 16.6. The van der Waals surface area contributed by atoms with Crippen molar-refractivity contribution in [2.75, 3.05) is 50.7 Å². The van der Waals surface area contributed by atoms with Crippen LogP contribution in [-0.2, 0) is 6.42 Å².